The van der Waals surface area contributed by atoms with E-state index in [1.807, 2.05) is 0 Å². The topological polar surface area (TPSA) is 115 Å². The van der Waals surface area contributed by atoms with Gasteiger partial charge in [-0.2, -0.15) is 0 Å². The van der Waals surface area contributed by atoms with Gasteiger partial charge in [0.15, 0.2) is 15.6 Å². The van der Waals surface area contributed by atoms with Crippen LogP contribution in [0, 0.1) is 6.92 Å². The number of nitrogens with zero attached hydrogens (tertiary/aromatic N) is 2. The molecule has 3 rings (SSSR count). The number of carbonyl (C=O) groups excluding carboxylic acids is 1. The van der Waals surface area contributed by atoms with E-state index in [1.54, 1.807) is 13.8 Å². The molecular formula is C17H16ClN3O5S. The molecule has 3 aromatic rings. The maximum Gasteiger partial charge on any atom is 0.267 e. The minimum atomic E-state index is -3.65. The number of halogens is 1. The molecule has 2 aromatic heterocycles. The molecule has 0 saturated carbocycles. The van der Waals surface area contributed by atoms with Crippen molar-refractivity contribution in [2.45, 2.75) is 25.3 Å². The number of ketones is 1. The highest BCUT2D eigenvalue weighted by Crippen LogP contribution is 2.37. The quantitative estimate of drug-likeness (QED) is 0.647. The second-order valence-corrected chi connectivity index (χ2v) is 8.35. The van der Waals surface area contributed by atoms with Crippen molar-refractivity contribution in [3.8, 4) is 11.3 Å². The van der Waals surface area contributed by atoms with Crippen molar-refractivity contribution in [1.29, 1.82) is 0 Å². The lowest BCUT2D eigenvalue weighted by Crippen LogP contribution is -2.13. The van der Waals surface area contributed by atoms with Crippen LogP contribution in [0.3, 0.4) is 0 Å². The van der Waals surface area contributed by atoms with E-state index in [9.17, 15) is 18.0 Å². The van der Waals surface area contributed by atoms with Crippen LogP contribution >= 0.6 is 11.6 Å². The van der Waals surface area contributed by atoms with E-state index < -0.39 is 15.6 Å². The van der Waals surface area contributed by atoms with Crippen LogP contribution in [0.15, 0.2) is 38.5 Å². The van der Waals surface area contributed by atoms with Crippen molar-refractivity contribution in [3.63, 3.8) is 0 Å². The first-order chi connectivity index (χ1) is 12.6. The molecule has 0 radical (unpaired) electrons. The van der Waals surface area contributed by atoms with E-state index in [1.165, 1.54) is 28.9 Å². The van der Waals surface area contributed by atoms with Crippen LogP contribution in [0.25, 0.3) is 11.3 Å². The molecule has 0 bridgehead atoms. The van der Waals surface area contributed by atoms with E-state index in [4.69, 9.17) is 16.1 Å². The summed E-state index contributed by atoms with van der Waals surface area (Å²) >= 11 is 6.42. The second-order valence-electron chi connectivity index (χ2n) is 5.99. The molecule has 1 N–H and O–H groups in total. The Kier molecular flexibility index (Phi) is 4.83. The van der Waals surface area contributed by atoms with Crippen LogP contribution < -0.4 is 5.56 Å². The van der Waals surface area contributed by atoms with Crippen LogP contribution in [0.1, 0.15) is 28.7 Å². The summed E-state index contributed by atoms with van der Waals surface area (Å²) in [6, 6.07) is 5.30. The van der Waals surface area contributed by atoms with Gasteiger partial charge in [-0.15, -0.1) is 0 Å². The van der Waals surface area contributed by atoms with Gasteiger partial charge in [-0.25, -0.2) is 8.42 Å². The average Bonchev–Trinajstić information content (AvgIpc) is 3.18. The van der Waals surface area contributed by atoms with E-state index in [2.05, 4.69) is 10.3 Å². The highest BCUT2D eigenvalue weighted by molar-refractivity contribution is 7.90. The summed E-state index contributed by atoms with van der Waals surface area (Å²) in [5.41, 5.74) is 0.327. The number of aromatic nitrogens is 3. The molecule has 142 valence electrons. The molecule has 8 nitrogen and oxygen atoms in total. The molecule has 10 heteroatoms. The summed E-state index contributed by atoms with van der Waals surface area (Å²) in [5, 5.41) is 6.37. The fraction of sp³-hybridized carbons (Fsp3) is 0.235. The van der Waals surface area contributed by atoms with Crippen LogP contribution in [0.2, 0.25) is 5.02 Å². The molecule has 0 spiro atoms. The Bertz CT molecular complexity index is 1200. The van der Waals surface area contributed by atoms with Crippen molar-refractivity contribution < 1.29 is 17.7 Å². The molecule has 27 heavy (non-hydrogen) atoms. The second kappa shape index (κ2) is 6.82. The molecule has 0 aliphatic carbocycles. The Hall–Kier alpha value is -2.65. The SMILES string of the molecule is CCn1[nH]c(C(=O)c2ccc(S(C)(=O)=O)c(-c3cc(C)no3)c2Cl)cc1=O. The molecular weight excluding hydrogens is 394 g/mol. The lowest BCUT2D eigenvalue weighted by atomic mass is 10.0. The van der Waals surface area contributed by atoms with Crippen molar-refractivity contribution in [2.24, 2.45) is 0 Å². The van der Waals surface area contributed by atoms with Gasteiger partial charge in [-0.3, -0.25) is 19.4 Å². The number of benzene rings is 1. The average molecular weight is 410 g/mol. The predicted molar refractivity (Wildman–Crippen MR) is 99.0 cm³/mol. The monoisotopic (exact) mass is 409 g/mol. The highest BCUT2D eigenvalue weighted by Gasteiger charge is 2.26. The molecule has 0 fully saturated rings. The molecule has 0 aliphatic rings. The Labute approximate surface area is 159 Å². The van der Waals surface area contributed by atoms with Gasteiger partial charge >= 0.3 is 0 Å². The summed E-state index contributed by atoms with van der Waals surface area (Å²) in [6.07, 6.45) is 1.03. The number of aromatic amines is 1. The molecule has 0 unspecified atom stereocenters. The van der Waals surface area contributed by atoms with Gasteiger partial charge in [-0.1, -0.05) is 16.8 Å². The Morgan fingerprint density at radius 3 is 2.56 bits per heavy atom. The van der Waals surface area contributed by atoms with Crippen molar-refractivity contribution in [3.05, 3.63) is 56.6 Å². The first-order valence-corrected chi connectivity index (χ1v) is 10.2. The van der Waals surface area contributed by atoms with Gasteiger partial charge in [0.2, 0.25) is 5.78 Å². The van der Waals surface area contributed by atoms with E-state index >= 15 is 0 Å². The number of hydrogen-bond acceptors (Lipinski definition) is 6. The normalized spacial score (nSPS) is 11.7. The first-order valence-electron chi connectivity index (χ1n) is 7.94. The fourth-order valence-electron chi connectivity index (χ4n) is 2.68. The van der Waals surface area contributed by atoms with Gasteiger partial charge in [0, 0.05) is 30.5 Å². The number of rotatable bonds is 5. The van der Waals surface area contributed by atoms with Gasteiger partial charge in [-0.05, 0) is 26.0 Å². The van der Waals surface area contributed by atoms with Crippen LogP contribution in [0.5, 0.6) is 0 Å². The number of H-pyrrole nitrogens is 1. The minimum absolute atomic E-state index is 0.0395. The van der Waals surface area contributed by atoms with Gasteiger partial charge < -0.3 is 4.52 Å². The van der Waals surface area contributed by atoms with Crippen LogP contribution in [-0.4, -0.2) is 35.4 Å². The van der Waals surface area contributed by atoms with Gasteiger partial charge in [0.25, 0.3) is 5.56 Å². The third-order valence-corrected chi connectivity index (χ3v) is 5.50. The lowest BCUT2D eigenvalue weighted by Gasteiger charge is -2.11. The third kappa shape index (κ3) is 3.47. The molecule has 2 heterocycles. The summed E-state index contributed by atoms with van der Waals surface area (Å²) in [7, 11) is -3.65. The zero-order valence-electron chi connectivity index (χ0n) is 14.7. The summed E-state index contributed by atoms with van der Waals surface area (Å²) in [6.45, 7) is 3.80. The lowest BCUT2D eigenvalue weighted by molar-refractivity contribution is 0.103. The smallest absolute Gasteiger partial charge is 0.267 e. The summed E-state index contributed by atoms with van der Waals surface area (Å²) < 4.78 is 30.8. The zero-order valence-corrected chi connectivity index (χ0v) is 16.3. The largest absolute Gasteiger partial charge is 0.356 e. The molecule has 1 aromatic carbocycles. The summed E-state index contributed by atoms with van der Waals surface area (Å²) in [4.78, 5) is 24.6. The molecule has 0 saturated heterocycles. The number of sulfone groups is 1. The summed E-state index contributed by atoms with van der Waals surface area (Å²) in [5.74, 6) is -0.408. The van der Waals surface area contributed by atoms with Crippen molar-refractivity contribution >= 4 is 27.2 Å². The minimum Gasteiger partial charge on any atom is -0.356 e. The van der Waals surface area contributed by atoms with Gasteiger partial charge in [0.05, 0.1) is 21.2 Å². The number of nitrogens with one attached hydrogen (secondary N) is 1. The molecule has 0 aliphatic heterocycles. The number of aryl methyl sites for hydroxylation is 2. The van der Waals surface area contributed by atoms with E-state index in [-0.39, 0.29) is 38.1 Å². The Morgan fingerprint density at radius 1 is 1.33 bits per heavy atom. The van der Waals surface area contributed by atoms with Crippen LogP contribution in [0.4, 0.5) is 0 Å². The maximum atomic E-state index is 12.8. The van der Waals surface area contributed by atoms with E-state index in [0.29, 0.717) is 12.2 Å². The highest BCUT2D eigenvalue weighted by atomic mass is 35.5. The predicted octanol–water partition coefficient (Wildman–Crippen LogP) is 2.45. The Balaban J connectivity index is 2.23. The number of hydrogen-bond donors (Lipinski definition) is 1. The molecule has 0 amide bonds. The molecule has 0 atom stereocenters. The standard InChI is InChI=1S/C17H16ClN3O5S/c1-4-21-14(22)8-11(19-21)17(23)10-5-6-13(27(3,24)25)15(16(10)18)12-7-9(2)20-26-12/h5-8,19H,4H2,1-3H3. The zero-order chi connectivity index (χ0) is 19.9. The van der Waals surface area contributed by atoms with Crippen molar-refractivity contribution in [1.82, 2.24) is 14.9 Å². The van der Waals surface area contributed by atoms with Crippen LogP contribution in [-0.2, 0) is 16.4 Å². The number of carbonyl (C=O) groups is 1. The fourth-order valence-corrected chi connectivity index (χ4v) is 3.97. The maximum absolute atomic E-state index is 12.8. The third-order valence-electron chi connectivity index (χ3n) is 3.97. The van der Waals surface area contributed by atoms with E-state index in [0.717, 1.165) is 6.26 Å². The Morgan fingerprint density at radius 2 is 2.04 bits per heavy atom. The van der Waals surface area contributed by atoms with Gasteiger partial charge in [0.1, 0.15) is 5.69 Å². The first kappa shape index (κ1) is 19.1. The van der Waals surface area contributed by atoms with Crippen molar-refractivity contribution in [2.75, 3.05) is 6.26 Å².